The molecule has 74 valence electrons. The fraction of sp³-hybridized carbons (Fsp3) is 1.00. The van der Waals surface area contributed by atoms with Gasteiger partial charge >= 0.3 is 0 Å². The van der Waals surface area contributed by atoms with Crippen molar-refractivity contribution in [2.75, 3.05) is 0 Å². The fourth-order valence-electron chi connectivity index (χ4n) is 1.91. The predicted octanol–water partition coefficient (Wildman–Crippen LogP) is 3.27. The van der Waals surface area contributed by atoms with E-state index < -0.39 is 13.7 Å². The van der Waals surface area contributed by atoms with Gasteiger partial charge in [-0.3, -0.25) is 0 Å². The first-order valence-electron chi connectivity index (χ1n) is 4.99. The van der Waals surface area contributed by atoms with E-state index in [-0.39, 0.29) is 0 Å². The molecule has 0 aromatic rings. The monoisotopic (exact) mass is 188 g/mol. The van der Waals surface area contributed by atoms with Gasteiger partial charge in [-0.15, -0.1) is 0 Å². The highest BCUT2D eigenvalue weighted by atomic mass is 28.3. The second-order valence-electron chi connectivity index (χ2n) is 5.26. The van der Waals surface area contributed by atoms with Crippen LogP contribution < -0.4 is 0 Å². The van der Waals surface area contributed by atoms with E-state index in [4.69, 9.17) is 0 Å². The molecule has 0 spiro atoms. The van der Waals surface area contributed by atoms with E-state index in [2.05, 4.69) is 20.0 Å². The van der Waals surface area contributed by atoms with Gasteiger partial charge in [0.1, 0.15) is 0 Å². The van der Waals surface area contributed by atoms with Crippen LogP contribution in [0.4, 0.5) is 0 Å². The summed E-state index contributed by atoms with van der Waals surface area (Å²) in [4.78, 5) is 0. The zero-order valence-electron chi connectivity index (χ0n) is 9.28. The molecule has 0 fully saturated rings. The number of rotatable bonds is 5. The minimum atomic E-state index is -1.11. The van der Waals surface area contributed by atoms with E-state index in [0.29, 0.717) is 0 Å². The molecule has 0 rings (SSSR count). The van der Waals surface area contributed by atoms with Crippen LogP contribution in [0.25, 0.3) is 0 Å². The average Bonchev–Trinajstić information content (AvgIpc) is 1.78. The molecule has 0 radical (unpaired) electrons. The summed E-state index contributed by atoms with van der Waals surface area (Å²) in [5.41, 5.74) is -0.455. The summed E-state index contributed by atoms with van der Waals surface area (Å²) in [6, 6.07) is 2.38. The Morgan fingerprint density at radius 2 is 1.75 bits per heavy atom. The molecule has 0 aliphatic carbocycles. The summed E-state index contributed by atoms with van der Waals surface area (Å²) in [7, 11) is -1.11. The largest absolute Gasteiger partial charge is 0.391 e. The van der Waals surface area contributed by atoms with E-state index in [9.17, 15) is 5.11 Å². The molecule has 1 nitrogen and oxygen atoms in total. The third-order valence-electron chi connectivity index (χ3n) is 2.12. The van der Waals surface area contributed by atoms with Crippen molar-refractivity contribution in [3.63, 3.8) is 0 Å². The van der Waals surface area contributed by atoms with Crippen LogP contribution in [0.5, 0.6) is 0 Å². The zero-order valence-corrected chi connectivity index (χ0v) is 10.3. The van der Waals surface area contributed by atoms with E-state index in [1.807, 2.05) is 13.8 Å². The molecule has 1 N–H and O–H groups in total. The Balaban J connectivity index is 3.86. The molecule has 0 aromatic heterocycles. The molecule has 12 heavy (non-hydrogen) atoms. The smallest absolute Gasteiger partial charge is 0.0568 e. The van der Waals surface area contributed by atoms with Crippen LogP contribution in [0.3, 0.4) is 0 Å². The Bertz CT molecular complexity index is 124. The van der Waals surface area contributed by atoms with E-state index in [1.165, 1.54) is 18.9 Å². The van der Waals surface area contributed by atoms with Gasteiger partial charge in [0.2, 0.25) is 0 Å². The maximum atomic E-state index is 9.69. The molecule has 0 aliphatic rings. The van der Waals surface area contributed by atoms with Crippen LogP contribution in [0, 0.1) is 0 Å². The minimum absolute atomic E-state index is 0.455. The molecular weight excluding hydrogens is 164 g/mol. The van der Waals surface area contributed by atoms with Crippen LogP contribution in [0.2, 0.25) is 25.2 Å². The molecule has 0 heterocycles. The third kappa shape index (κ3) is 6.86. The first-order valence-corrected chi connectivity index (χ1v) is 8.41. The highest BCUT2D eigenvalue weighted by Gasteiger charge is 2.27. The van der Waals surface area contributed by atoms with Crippen LogP contribution in [-0.2, 0) is 0 Å². The Kier molecular flexibility index (Phi) is 4.49. The standard InChI is InChI=1S/C10H24OSi/c1-6-7-8-12(4,5)9-10(2,3)11/h11H,6-9H2,1-5H3. The number of aliphatic hydroxyl groups is 1. The summed E-state index contributed by atoms with van der Waals surface area (Å²) in [6.45, 7) is 10.8. The minimum Gasteiger partial charge on any atom is -0.391 e. The molecular formula is C10H24OSi. The predicted molar refractivity (Wildman–Crippen MR) is 58.3 cm³/mol. The SMILES string of the molecule is CCCC[Si](C)(C)CC(C)(C)O. The topological polar surface area (TPSA) is 20.2 Å². The normalized spacial score (nSPS) is 13.5. The number of hydrogen-bond donors (Lipinski definition) is 1. The molecule has 0 bridgehead atoms. The summed E-state index contributed by atoms with van der Waals surface area (Å²) >= 11 is 0. The van der Waals surface area contributed by atoms with Crippen LogP contribution in [-0.4, -0.2) is 18.8 Å². The van der Waals surface area contributed by atoms with Crippen molar-refractivity contribution in [3.05, 3.63) is 0 Å². The average molecular weight is 188 g/mol. The lowest BCUT2D eigenvalue weighted by atomic mass is 10.2. The second-order valence-corrected chi connectivity index (χ2v) is 10.4. The first-order chi connectivity index (χ1) is 5.27. The van der Waals surface area contributed by atoms with Gasteiger partial charge in [0.25, 0.3) is 0 Å². The van der Waals surface area contributed by atoms with Crippen molar-refractivity contribution in [2.45, 2.75) is 64.4 Å². The van der Waals surface area contributed by atoms with Crippen LogP contribution in [0.1, 0.15) is 33.6 Å². The second kappa shape index (κ2) is 4.42. The zero-order chi connectivity index (χ0) is 9.83. The van der Waals surface area contributed by atoms with Crippen LogP contribution >= 0.6 is 0 Å². The third-order valence-corrected chi connectivity index (χ3v) is 5.65. The lowest BCUT2D eigenvalue weighted by Crippen LogP contribution is -2.35. The van der Waals surface area contributed by atoms with Crippen molar-refractivity contribution in [1.29, 1.82) is 0 Å². The summed E-state index contributed by atoms with van der Waals surface area (Å²) in [5.74, 6) is 0. The lowest BCUT2D eigenvalue weighted by molar-refractivity contribution is 0.0997. The van der Waals surface area contributed by atoms with E-state index in [0.717, 1.165) is 6.04 Å². The quantitative estimate of drug-likeness (QED) is 0.657. The number of unbranched alkanes of at least 4 members (excludes halogenated alkanes) is 1. The molecule has 0 atom stereocenters. The van der Waals surface area contributed by atoms with E-state index >= 15 is 0 Å². The highest BCUT2D eigenvalue weighted by molar-refractivity contribution is 6.77. The Morgan fingerprint density at radius 3 is 2.08 bits per heavy atom. The van der Waals surface area contributed by atoms with Crippen molar-refractivity contribution in [1.82, 2.24) is 0 Å². The van der Waals surface area contributed by atoms with Gasteiger partial charge in [-0.1, -0.05) is 38.9 Å². The van der Waals surface area contributed by atoms with Gasteiger partial charge in [-0.25, -0.2) is 0 Å². The highest BCUT2D eigenvalue weighted by Crippen LogP contribution is 2.25. The Hall–Kier alpha value is 0.177. The van der Waals surface area contributed by atoms with Crippen molar-refractivity contribution in [3.8, 4) is 0 Å². The van der Waals surface area contributed by atoms with E-state index in [1.54, 1.807) is 0 Å². The first kappa shape index (κ1) is 12.2. The molecule has 0 amide bonds. The molecule has 0 aromatic carbocycles. The Morgan fingerprint density at radius 1 is 1.25 bits per heavy atom. The summed E-state index contributed by atoms with van der Waals surface area (Å²) in [6.07, 6.45) is 2.61. The molecule has 0 saturated carbocycles. The van der Waals surface area contributed by atoms with Gasteiger partial charge in [-0.05, 0) is 19.9 Å². The van der Waals surface area contributed by atoms with Crippen molar-refractivity contribution >= 4 is 8.07 Å². The molecule has 2 heteroatoms. The van der Waals surface area contributed by atoms with Crippen molar-refractivity contribution in [2.24, 2.45) is 0 Å². The summed E-state index contributed by atoms with van der Waals surface area (Å²) in [5, 5.41) is 9.69. The number of hydrogen-bond acceptors (Lipinski definition) is 1. The van der Waals surface area contributed by atoms with Gasteiger partial charge in [0, 0.05) is 0 Å². The maximum absolute atomic E-state index is 9.69. The van der Waals surface area contributed by atoms with Crippen molar-refractivity contribution < 1.29 is 5.11 Å². The molecule has 0 saturated heterocycles. The lowest BCUT2D eigenvalue weighted by Gasteiger charge is -2.29. The van der Waals surface area contributed by atoms with Crippen LogP contribution in [0.15, 0.2) is 0 Å². The van der Waals surface area contributed by atoms with Gasteiger partial charge in [-0.2, -0.15) is 0 Å². The maximum Gasteiger partial charge on any atom is 0.0568 e. The Labute approximate surface area is 78.2 Å². The molecule has 0 aliphatic heterocycles. The van der Waals surface area contributed by atoms with Gasteiger partial charge < -0.3 is 5.11 Å². The molecule has 0 unspecified atom stereocenters. The fourth-order valence-corrected chi connectivity index (χ4v) is 5.74. The summed E-state index contributed by atoms with van der Waals surface area (Å²) < 4.78 is 0. The van der Waals surface area contributed by atoms with Gasteiger partial charge in [0.05, 0.1) is 13.7 Å². The van der Waals surface area contributed by atoms with Gasteiger partial charge in [0.15, 0.2) is 0 Å².